The van der Waals surface area contributed by atoms with Gasteiger partial charge in [0.15, 0.2) is 5.78 Å². The lowest BCUT2D eigenvalue weighted by molar-refractivity contribution is 0.0980. The maximum Gasteiger partial charge on any atom is 0.172 e. The van der Waals surface area contributed by atoms with Crippen LogP contribution in [0.2, 0.25) is 5.02 Å². The van der Waals surface area contributed by atoms with Crippen molar-refractivity contribution in [2.75, 3.05) is 19.6 Å². The van der Waals surface area contributed by atoms with E-state index in [0.717, 1.165) is 34.7 Å². The quantitative estimate of drug-likeness (QED) is 0.669. The van der Waals surface area contributed by atoms with Crippen molar-refractivity contribution in [2.45, 2.75) is 25.2 Å². The minimum atomic E-state index is 0.297. The smallest absolute Gasteiger partial charge is 0.172 e. The van der Waals surface area contributed by atoms with Gasteiger partial charge in [0.2, 0.25) is 0 Å². The van der Waals surface area contributed by atoms with Crippen molar-refractivity contribution in [3.8, 4) is 0 Å². The van der Waals surface area contributed by atoms with Gasteiger partial charge in [-0.25, -0.2) is 0 Å². The van der Waals surface area contributed by atoms with Crippen LogP contribution < -0.4 is 0 Å². The van der Waals surface area contributed by atoms with Crippen molar-refractivity contribution >= 4 is 28.7 Å². The first-order chi connectivity index (χ1) is 11.7. The lowest BCUT2D eigenvalue weighted by Crippen LogP contribution is -2.33. The molecule has 1 aromatic carbocycles. The molecule has 24 heavy (non-hydrogen) atoms. The van der Waals surface area contributed by atoms with E-state index in [1.807, 2.05) is 29.6 Å². The van der Waals surface area contributed by atoms with Gasteiger partial charge in [0.1, 0.15) is 0 Å². The number of Topliss-reactive ketones (excluding diaryl/α,β-unsaturated/α-hetero) is 1. The molecule has 2 aromatic rings. The third-order valence-corrected chi connectivity index (χ3v) is 6.78. The predicted octanol–water partition coefficient (Wildman–Crippen LogP) is 5.10. The highest BCUT2D eigenvalue weighted by Gasteiger charge is 2.47. The highest BCUT2D eigenvalue weighted by atomic mass is 35.5. The number of likely N-dealkylation sites (tertiary alicyclic amines) is 1. The molecule has 0 N–H and O–H groups in total. The Balaban J connectivity index is 1.25. The molecule has 1 aliphatic carbocycles. The first kappa shape index (κ1) is 16.3. The number of carbonyl (C=O) groups excluding carboxylic acids is 1. The molecule has 1 aromatic heterocycles. The zero-order valence-corrected chi connectivity index (χ0v) is 15.2. The lowest BCUT2D eigenvalue weighted by atomic mass is 9.64. The number of halogens is 1. The van der Waals surface area contributed by atoms with Gasteiger partial charge in [0.05, 0.1) is 4.88 Å². The van der Waals surface area contributed by atoms with Crippen LogP contribution in [0.25, 0.3) is 0 Å². The third kappa shape index (κ3) is 3.30. The van der Waals surface area contributed by atoms with Crippen LogP contribution in [-0.2, 0) is 0 Å². The summed E-state index contributed by atoms with van der Waals surface area (Å²) in [6.45, 7) is 3.45. The van der Waals surface area contributed by atoms with Crippen LogP contribution in [0, 0.1) is 11.8 Å². The van der Waals surface area contributed by atoms with Crippen molar-refractivity contribution < 1.29 is 4.79 Å². The number of rotatable bonds is 6. The summed E-state index contributed by atoms with van der Waals surface area (Å²) >= 11 is 7.55. The van der Waals surface area contributed by atoms with E-state index in [1.54, 1.807) is 11.3 Å². The molecule has 1 aliphatic heterocycles. The number of benzene rings is 1. The molecule has 1 saturated carbocycles. The molecular formula is C20H22ClNOS. The first-order valence-electron chi connectivity index (χ1n) is 8.75. The van der Waals surface area contributed by atoms with E-state index in [9.17, 15) is 4.79 Å². The Kier molecular flexibility index (Phi) is 4.75. The molecule has 2 heterocycles. The lowest BCUT2D eigenvalue weighted by Gasteiger charge is -2.40. The number of nitrogens with zero attached hydrogens (tertiary/aromatic N) is 1. The summed E-state index contributed by atoms with van der Waals surface area (Å²) in [5.74, 6) is 2.63. The van der Waals surface area contributed by atoms with E-state index in [2.05, 4.69) is 17.0 Å². The summed E-state index contributed by atoms with van der Waals surface area (Å²) in [4.78, 5) is 15.5. The predicted molar refractivity (Wildman–Crippen MR) is 100 cm³/mol. The minimum Gasteiger partial charge on any atom is -0.303 e. The first-order valence-corrected chi connectivity index (χ1v) is 10.0. The third-order valence-electron chi connectivity index (χ3n) is 5.61. The van der Waals surface area contributed by atoms with Gasteiger partial charge < -0.3 is 4.90 Å². The fourth-order valence-electron chi connectivity index (χ4n) is 4.30. The number of carbonyl (C=O) groups is 1. The van der Waals surface area contributed by atoms with Crippen molar-refractivity contribution in [3.63, 3.8) is 0 Å². The molecule has 0 radical (unpaired) electrons. The molecule has 0 bridgehead atoms. The molecular weight excluding hydrogens is 338 g/mol. The molecule has 4 heteroatoms. The Morgan fingerprint density at radius 1 is 1.21 bits per heavy atom. The second-order valence-corrected chi connectivity index (χ2v) is 8.47. The molecule has 4 rings (SSSR count). The van der Waals surface area contributed by atoms with Crippen LogP contribution in [0.15, 0.2) is 41.8 Å². The highest BCUT2D eigenvalue weighted by Crippen LogP contribution is 2.51. The van der Waals surface area contributed by atoms with Gasteiger partial charge in [-0.2, -0.15) is 0 Å². The summed E-state index contributed by atoms with van der Waals surface area (Å²) < 4.78 is 0. The fraction of sp³-hybridized carbons (Fsp3) is 0.450. The number of hydrogen-bond donors (Lipinski definition) is 0. The minimum absolute atomic E-state index is 0.297. The Bertz CT molecular complexity index is 697. The average molecular weight is 360 g/mol. The maximum atomic E-state index is 12.1. The monoisotopic (exact) mass is 359 g/mol. The van der Waals surface area contributed by atoms with E-state index in [1.165, 1.54) is 25.1 Å². The Labute approximate surface area is 152 Å². The second kappa shape index (κ2) is 6.99. The fourth-order valence-corrected chi connectivity index (χ4v) is 5.12. The SMILES string of the molecule is O=C(CCCN1CC2CC(c3ccc(Cl)cc3)C2C1)c1cccs1. The average Bonchev–Trinajstić information content (AvgIpc) is 3.20. The van der Waals surface area contributed by atoms with Gasteiger partial charge in [-0.1, -0.05) is 29.8 Å². The number of thiophene rings is 1. The van der Waals surface area contributed by atoms with Crippen molar-refractivity contribution in [2.24, 2.45) is 11.8 Å². The van der Waals surface area contributed by atoms with Crippen molar-refractivity contribution in [3.05, 3.63) is 57.2 Å². The van der Waals surface area contributed by atoms with E-state index < -0.39 is 0 Å². The molecule has 3 unspecified atom stereocenters. The molecule has 1 saturated heterocycles. The highest BCUT2D eigenvalue weighted by molar-refractivity contribution is 7.12. The van der Waals surface area contributed by atoms with Crippen LogP contribution >= 0.6 is 22.9 Å². The topological polar surface area (TPSA) is 20.3 Å². The van der Waals surface area contributed by atoms with Crippen LogP contribution in [-0.4, -0.2) is 30.3 Å². The second-order valence-electron chi connectivity index (χ2n) is 7.08. The zero-order chi connectivity index (χ0) is 16.5. The van der Waals surface area contributed by atoms with Crippen LogP contribution in [0.3, 0.4) is 0 Å². The van der Waals surface area contributed by atoms with Crippen LogP contribution in [0.1, 0.15) is 40.4 Å². The van der Waals surface area contributed by atoms with E-state index in [4.69, 9.17) is 11.6 Å². The van der Waals surface area contributed by atoms with E-state index in [-0.39, 0.29) is 0 Å². The molecule has 2 fully saturated rings. The van der Waals surface area contributed by atoms with Gasteiger partial charge in [-0.05, 0) is 66.3 Å². The summed E-state index contributed by atoms with van der Waals surface area (Å²) in [6.07, 6.45) is 2.95. The van der Waals surface area contributed by atoms with Gasteiger partial charge in [-0.15, -0.1) is 11.3 Å². The molecule has 0 spiro atoms. The molecule has 2 aliphatic rings. The van der Waals surface area contributed by atoms with Crippen LogP contribution in [0.4, 0.5) is 0 Å². The number of ketones is 1. The maximum absolute atomic E-state index is 12.1. The Hall–Kier alpha value is -1.16. The van der Waals surface area contributed by atoms with Gasteiger partial charge in [-0.3, -0.25) is 4.79 Å². The van der Waals surface area contributed by atoms with E-state index >= 15 is 0 Å². The van der Waals surface area contributed by atoms with Gasteiger partial charge in [0.25, 0.3) is 0 Å². The summed E-state index contributed by atoms with van der Waals surface area (Å²) in [7, 11) is 0. The number of hydrogen-bond acceptors (Lipinski definition) is 3. The molecule has 0 amide bonds. The summed E-state index contributed by atoms with van der Waals surface area (Å²) in [5.41, 5.74) is 1.44. The number of fused-ring (bicyclic) bond motifs is 1. The standard InChI is InChI=1S/C20H22ClNOS/c21-16-7-5-14(6-8-16)17-11-15-12-22(13-18(15)17)9-1-3-19(23)20-4-2-10-24-20/h2,4-8,10,15,17-18H,1,3,9,11-13H2. The largest absolute Gasteiger partial charge is 0.303 e. The Morgan fingerprint density at radius 3 is 2.79 bits per heavy atom. The van der Waals surface area contributed by atoms with Crippen molar-refractivity contribution in [1.29, 1.82) is 0 Å². The normalized spacial score (nSPS) is 26.1. The van der Waals surface area contributed by atoms with Crippen LogP contribution in [0.5, 0.6) is 0 Å². The molecule has 3 atom stereocenters. The Morgan fingerprint density at radius 2 is 2.04 bits per heavy atom. The summed E-state index contributed by atoms with van der Waals surface area (Å²) in [6, 6.07) is 12.3. The molecule has 126 valence electrons. The van der Waals surface area contributed by atoms with E-state index in [0.29, 0.717) is 18.1 Å². The zero-order valence-electron chi connectivity index (χ0n) is 13.7. The van der Waals surface area contributed by atoms with Gasteiger partial charge in [0, 0.05) is 24.5 Å². The van der Waals surface area contributed by atoms with Gasteiger partial charge >= 0.3 is 0 Å². The summed E-state index contributed by atoms with van der Waals surface area (Å²) in [5, 5.41) is 2.79. The molecule has 2 nitrogen and oxygen atoms in total. The van der Waals surface area contributed by atoms with Crippen molar-refractivity contribution in [1.82, 2.24) is 4.90 Å².